The molecule has 0 aliphatic carbocycles. The predicted molar refractivity (Wildman–Crippen MR) is 75.4 cm³/mol. The van der Waals surface area contributed by atoms with Crippen molar-refractivity contribution in [2.45, 2.75) is 6.54 Å². The first kappa shape index (κ1) is 12.9. The minimum Gasteiger partial charge on any atom is -0.365 e. The van der Waals surface area contributed by atoms with Crippen molar-refractivity contribution in [1.82, 2.24) is 4.98 Å². The van der Waals surface area contributed by atoms with Crippen molar-refractivity contribution < 1.29 is 0 Å². The first-order chi connectivity index (χ1) is 8.72. The number of aromatic nitrogens is 1. The average molecular weight is 323 g/mol. The topological polar surface area (TPSA) is 48.7 Å². The van der Waals surface area contributed by atoms with Gasteiger partial charge < -0.3 is 5.32 Å². The van der Waals surface area contributed by atoms with Crippen molar-refractivity contribution in [3.63, 3.8) is 0 Å². The molecule has 1 N–H and O–H groups in total. The first-order valence-corrected chi connectivity index (χ1v) is 6.41. The van der Waals surface area contributed by atoms with Gasteiger partial charge in [0, 0.05) is 17.2 Å². The highest BCUT2D eigenvalue weighted by atomic mass is 79.9. The number of hydrogen-bond acceptors (Lipinski definition) is 3. The Morgan fingerprint density at radius 2 is 2.11 bits per heavy atom. The molecule has 0 fully saturated rings. The number of nitrogens with zero attached hydrogens (tertiary/aromatic N) is 2. The number of nitriles is 1. The summed E-state index contributed by atoms with van der Waals surface area (Å²) in [6.07, 6.45) is 1.56. The van der Waals surface area contributed by atoms with Gasteiger partial charge in [0.25, 0.3) is 0 Å². The summed E-state index contributed by atoms with van der Waals surface area (Å²) in [4.78, 5) is 4.12. The second kappa shape index (κ2) is 5.85. The highest BCUT2D eigenvalue weighted by molar-refractivity contribution is 9.10. The van der Waals surface area contributed by atoms with Crippen molar-refractivity contribution in [2.75, 3.05) is 5.32 Å². The maximum absolute atomic E-state index is 8.87. The molecule has 3 nitrogen and oxygen atoms in total. The molecule has 0 saturated heterocycles. The molecular weight excluding hydrogens is 314 g/mol. The molecule has 2 aromatic rings. The van der Waals surface area contributed by atoms with Crippen molar-refractivity contribution in [2.24, 2.45) is 0 Å². The van der Waals surface area contributed by atoms with Gasteiger partial charge in [-0.15, -0.1) is 0 Å². The Morgan fingerprint density at radius 1 is 1.33 bits per heavy atom. The Balaban J connectivity index is 2.17. The number of rotatable bonds is 3. The van der Waals surface area contributed by atoms with Crippen LogP contribution < -0.4 is 5.32 Å². The van der Waals surface area contributed by atoms with Gasteiger partial charge in [0.2, 0.25) is 0 Å². The van der Waals surface area contributed by atoms with Crippen molar-refractivity contribution in [1.29, 1.82) is 5.26 Å². The van der Waals surface area contributed by atoms with Crippen LogP contribution in [0.15, 0.2) is 41.0 Å². The van der Waals surface area contributed by atoms with Gasteiger partial charge in [0.15, 0.2) is 0 Å². The van der Waals surface area contributed by atoms with E-state index in [0.717, 1.165) is 10.0 Å². The minimum absolute atomic E-state index is 0.354. The molecule has 0 aliphatic rings. The van der Waals surface area contributed by atoms with E-state index in [2.05, 4.69) is 26.2 Å². The van der Waals surface area contributed by atoms with Crippen LogP contribution >= 0.6 is 27.5 Å². The zero-order chi connectivity index (χ0) is 13.0. The Morgan fingerprint density at radius 3 is 2.83 bits per heavy atom. The number of nitrogens with one attached hydrogen (secondary N) is 1. The third kappa shape index (κ3) is 2.81. The fourth-order valence-corrected chi connectivity index (χ4v) is 2.12. The van der Waals surface area contributed by atoms with Gasteiger partial charge in [-0.25, -0.2) is 4.98 Å². The summed E-state index contributed by atoms with van der Waals surface area (Å²) in [6.45, 7) is 0.586. The lowest BCUT2D eigenvalue weighted by molar-refractivity contribution is 1.10. The van der Waals surface area contributed by atoms with Gasteiger partial charge in [-0.1, -0.05) is 45.7 Å². The van der Waals surface area contributed by atoms with Crippen LogP contribution in [0.4, 0.5) is 5.82 Å². The lowest BCUT2D eigenvalue weighted by Crippen LogP contribution is -2.03. The fraction of sp³-hybridized carbons (Fsp3) is 0.0769. The number of halogens is 2. The maximum atomic E-state index is 8.87. The van der Waals surface area contributed by atoms with Crippen molar-refractivity contribution >= 4 is 33.3 Å². The lowest BCUT2D eigenvalue weighted by atomic mass is 10.2. The molecule has 5 heteroatoms. The quantitative estimate of drug-likeness (QED) is 0.930. The third-order valence-electron chi connectivity index (χ3n) is 2.41. The van der Waals surface area contributed by atoms with Gasteiger partial charge in [0.05, 0.1) is 5.56 Å². The zero-order valence-electron chi connectivity index (χ0n) is 9.32. The Labute approximate surface area is 119 Å². The van der Waals surface area contributed by atoms with E-state index >= 15 is 0 Å². The van der Waals surface area contributed by atoms with E-state index in [0.29, 0.717) is 22.9 Å². The van der Waals surface area contributed by atoms with Crippen LogP contribution in [-0.4, -0.2) is 4.98 Å². The molecule has 0 saturated carbocycles. The molecule has 90 valence electrons. The van der Waals surface area contributed by atoms with Gasteiger partial charge in [-0.2, -0.15) is 5.26 Å². The first-order valence-electron chi connectivity index (χ1n) is 5.24. The largest absolute Gasteiger partial charge is 0.365 e. The second-order valence-electron chi connectivity index (χ2n) is 3.58. The van der Waals surface area contributed by atoms with Gasteiger partial charge in [-0.3, -0.25) is 0 Å². The molecule has 0 unspecified atom stereocenters. The van der Waals surface area contributed by atoms with Crippen molar-refractivity contribution in [3.05, 3.63) is 57.2 Å². The smallest absolute Gasteiger partial charge is 0.146 e. The summed E-state index contributed by atoms with van der Waals surface area (Å²) in [5, 5.41) is 12.3. The summed E-state index contributed by atoms with van der Waals surface area (Å²) >= 11 is 9.53. The lowest BCUT2D eigenvalue weighted by Gasteiger charge is -2.09. The molecule has 1 aromatic carbocycles. The van der Waals surface area contributed by atoms with E-state index < -0.39 is 0 Å². The fourth-order valence-electron chi connectivity index (χ4n) is 1.47. The van der Waals surface area contributed by atoms with Gasteiger partial charge >= 0.3 is 0 Å². The normalized spacial score (nSPS) is 9.83. The standard InChI is InChI=1S/C13H9BrClN3/c14-11-4-2-1-3-10(11)8-18-13-12(15)9(7-16)5-6-17-13/h1-6H,8H2,(H,17,18). The molecule has 1 heterocycles. The molecule has 18 heavy (non-hydrogen) atoms. The summed E-state index contributed by atoms with van der Waals surface area (Å²) in [5.41, 5.74) is 1.51. The van der Waals surface area contributed by atoms with Crippen LogP contribution in [0, 0.1) is 11.3 Å². The van der Waals surface area contributed by atoms with Gasteiger partial charge in [-0.05, 0) is 17.7 Å². The second-order valence-corrected chi connectivity index (χ2v) is 4.81. The van der Waals surface area contributed by atoms with Crippen LogP contribution in [0.25, 0.3) is 0 Å². The van der Waals surface area contributed by atoms with Crippen molar-refractivity contribution in [3.8, 4) is 6.07 Å². The maximum Gasteiger partial charge on any atom is 0.146 e. The van der Waals surface area contributed by atoms with E-state index in [1.54, 1.807) is 12.3 Å². The number of benzene rings is 1. The van der Waals surface area contributed by atoms with Crippen LogP contribution in [0.1, 0.15) is 11.1 Å². The Hall–Kier alpha value is -1.57. The Kier molecular flexibility index (Phi) is 4.19. The summed E-state index contributed by atoms with van der Waals surface area (Å²) < 4.78 is 1.02. The third-order valence-corrected chi connectivity index (χ3v) is 3.57. The molecule has 0 spiro atoms. The molecule has 0 aliphatic heterocycles. The molecule has 0 radical (unpaired) electrons. The highest BCUT2D eigenvalue weighted by Gasteiger charge is 2.07. The van der Waals surface area contributed by atoms with Crippen LogP contribution in [0.5, 0.6) is 0 Å². The molecule has 0 atom stereocenters. The minimum atomic E-state index is 0.354. The van der Waals surface area contributed by atoms with E-state index in [-0.39, 0.29) is 0 Å². The van der Waals surface area contributed by atoms with Crippen LogP contribution in [0.3, 0.4) is 0 Å². The Bertz CT molecular complexity index is 607. The van der Waals surface area contributed by atoms with Crippen LogP contribution in [0.2, 0.25) is 5.02 Å². The molecule has 1 aromatic heterocycles. The molecule has 2 rings (SSSR count). The molecule has 0 amide bonds. The van der Waals surface area contributed by atoms with Crippen LogP contribution in [-0.2, 0) is 6.54 Å². The van der Waals surface area contributed by atoms with E-state index in [1.165, 1.54) is 0 Å². The monoisotopic (exact) mass is 321 g/mol. The van der Waals surface area contributed by atoms with E-state index in [9.17, 15) is 0 Å². The number of pyridine rings is 1. The SMILES string of the molecule is N#Cc1ccnc(NCc2ccccc2Br)c1Cl. The summed E-state index contributed by atoms with van der Waals surface area (Å²) in [5.74, 6) is 0.520. The molecule has 0 bridgehead atoms. The number of hydrogen-bond donors (Lipinski definition) is 1. The van der Waals surface area contributed by atoms with E-state index in [1.807, 2.05) is 30.3 Å². The number of anilines is 1. The highest BCUT2D eigenvalue weighted by Crippen LogP contribution is 2.24. The summed E-state index contributed by atoms with van der Waals surface area (Å²) in [6, 6.07) is 11.5. The average Bonchev–Trinajstić information content (AvgIpc) is 2.39. The van der Waals surface area contributed by atoms with Gasteiger partial charge in [0.1, 0.15) is 16.9 Å². The summed E-state index contributed by atoms with van der Waals surface area (Å²) in [7, 11) is 0. The van der Waals surface area contributed by atoms with E-state index in [4.69, 9.17) is 16.9 Å². The predicted octanol–water partition coefficient (Wildman–Crippen LogP) is 3.98. The zero-order valence-corrected chi connectivity index (χ0v) is 11.7. The molecular formula is C13H9BrClN3.